The molecule has 1 N–H and O–H groups in total. The van der Waals surface area contributed by atoms with Crippen LogP contribution in [0.5, 0.6) is 11.5 Å². The summed E-state index contributed by atoms with van der Waals surface area (Å²) in [5.41, 5.74) is 1.02. The van der Waals surface area contributed by atoms with Gasteiger partial charge < -0.3 is 24.1 Å². The molecule has 0 spiro atoms. The number of halogens is 2. The highest BCUT2D eigenvalue weighted by Crippen LogP contribution is 2.43. The summed E-state index contributed by atoms with van der Waals surface area (Å²) in [6.45, 7) is 0.993. The van der Waals surface area contributed by atoms with E-state index < -0.39 is 6.04 Å². The summed E-state index contributed by atoms with van der Waals surface area (Å²) in [5, 5.41) is 10.6. The topological polar surface area (TPSA) is 83.2 Å². The van der Waals surface area contributed by atoms with Gasteiger partial charge in [-0.2, -0.15) is 0 Å². The van der Waals surface area contributed by atoms with Gasteiger partial charge in [0.05, 0.1) is 28.6 Å². The van der Waals surface area contributed by atoms with Gasteiger partial charge in [0.1, 0.15) is 5.58 Å². The third-order valence-corrected chi connectivity index (χ3v) is 6.40. The van der Waals surface area contributed by atoms with Crippen molar-refractivity contribution in [2.24, 2.45) is 0 Å². The number of benzene rings is 2. The molecule has 0 aliphatic carbocycles. The van der Waals surface area contributed by atoms with Crippen molar-refractivity contribution in [1.82, 2.24) is 9.80 Å². The Balaban J connectivity index is 1.98. The number of fused-ring (bicyclic) bond motifs is 2. The Morgan fingerprint density at radius 3 is 2.61 bits per heavy atom. The summed E-state index contributed by atoms with van der Waals surface area (Å²) < 4.78 is 12.4. The second kappa shape index (κ2) is 8.29. The van der Waals surface area contributed by atoms with Gasteiger partial charge in [-0.1, -0.05) is 15.9 Å². The van der Waals surface area contributed by atoms with Crippen molar-refractivity contribution < 1.29 is 19.1 Å². The molecule has 1 aliphatic heterocycles. The van der Waals surface area contributed by atoms with Gasteiger partial charge >= 0.3 is 0 Å². The third kappa shape index (κ3) is 3.75. The zero-order valence-corrected chi connectivity index (χ0v) is 20.3. The van der Waals surface area contributed by atoms with Crippen LogP contribution in [0.25, 0.3) is 11.0 Å². The molecule has 2 heterocycles. The number of carbonyl (C=O) groups excluding carboxylic acids is 1. The van der Waals surface area contributed by atoms with Crippen LogP contribution in [0, 0.1) is 0 Å². The van der Waals surface area contributed by atoms with Crippen molar-refractivity contribution in [3.63, 3.8) is 0 Å². The fraction of sp³-hybridized carbons (Fsp3) is 0.273. The van der Waals surface area contributed by atoms with E-state index in [0.29, 0.717) is 34.1 Å². The van der Waals surface area contributed by atoms with E-state index in [1.807, 2.05) is 19.0 Å². The van der Waals surface area contributed by atoms with Crippen LogP contribution < -0.4 is 10.2 Å². The number of hydrogen-bond donors (Lipinski definition) is 1. The molecule has 7 nitrogen and oxygen atoms in total. The Labute approximate surface area is 195 Å². The van der Waals surface area contributed by atoms with Crippen molar-refractivity contribution in [2.45, 2.75) is 6.04 Å². The molecule has 1 atom stereocenters. The number of nitrogens with zero attached hydrogens (tertiary/aromatic N) is 2. The van der Waals surface area contributed by atoms with Crippen LogP contribution in [0.1, 0.15) is 27.7 Å². The first kappa shape index (κ1) is 21.9. The molecule has 1 amide bonds. The number of rotatable bonds is 5. The SMILES string of the molecule is COc1cc(C2c3c(oc4ccc(Br)cc4c3=O)C(=O)N2CCN(C)C)cc(Br)c1O. The van der Waals surface area contributed by atoms with Gasteiger partial charge in [-0.25, -0.2) is 0 Å². The predicted molar refractivity (Wildman–Crippen MR) is 124 cm³/mol. The lowest BCUT2D eigenvalue weighted by molar-refractivity contribution is 0.0716. The second-order valence-electron chi connectivity index (χ2n) is 7.57. The first-order chi connectivity index (χ1) is 14.7. The number of hydrogen-bond acceptors (Lipinski definition) is 6. The zero-order chi connectivity index (χ0) is 22.4. The van der Waals surface area contributed by atoms with Crippen molar-refractivity contribution in [3.8, 4) is 11.5 Å². The predicted octanol–water partition coefficient (Wildman–Crippen LogP) is 4.14. The number of amides is 1. The number of carbonyl (C=O) groups is 1. The Morgan fingerprint density at radius 1 is 1.19 bits per heavy atom. The molecule has 4 rings (SSSR count). The van der Waals surface area contributed by atoms with Crippen LogP contribution in [0.4, 0.5) is 0 Å². The summed E-state index contributed by atoms with van der Waals surface area (Å²) in [6.07, 6.45) is 0. The van der Waals surface area contributed by atoms with E-state index in [-0.39, 0.29) is 34.2 Å². The van der Waals surface area contributed by atoms with Crippen LogP contribution in [0.15, 0.2) is 48.5 Å². The molecule has 162 valence electrons. The summed E-state index contributed by atoms with van der Waals surface area (Å²) in [4.78, 5) is 30.5. The third-order valence-electron chi connectivity index (χ3n) is 5.30. The molecular weight excluding hydrogens is 532 g/mol. The van der Waals surface area contributed by atoms with E-state index in [1.54, 1.807) is 35.2 Å². The summed E-state index contributed by atoms with van der Waals surface area (Å²) >= 11 is 6.73. The van der Waals surface area contributed by atoms with Crippen LogP contribution in [0.2, 0.25) is 0 Å². The Kier molecular flexibility index (Phi) is 5.85. The number of methoxy groups -OCH3 is 1. The monoisotopic (exact) mass is 550 g/mol. The van der Waals surface area contributed by atoms with Gasteiger partial charge in [-0.05, 0) is 65.9 Å². The zero-order valence-electron chi connectivity index (χ0n) is 17.1. The fourth-order valence-electron chi connectivity index (χ4n) is 3.78. The number of likely N-dealkylation sites (N-methyl/N-ethyl adjacent to an activating group) is 1. The maximum absolute atomic E-state index is 13.5. The quantitative estimate of drug-likeness (QED) is 0.513. The van der Waals surface area contributed by atoms with E-state index in [0.717, 1.165) is 4.47 Å². The van der Waals surface area contributed by atoms with E-state index >= 15 is 0 Å². The molecule has 0 saturated carbocycles. The molecule has 0 saturated heterocycles. The normalized spacial score (nSPS) is 15.7. The summed E-state index contributed by atoms with van der Waals surface area (Å²) in [6, 6.07) is 7.79. The minimum absolute atomic E-state index is 0.0479. The van der Waals surface area contributed by atoms with Crippen LogP contribution in [0.3, 0.4) is 0 Å². The van der Waals surface area contributed by atoms with Gasteiger partial charge in [-0.15, -0.1) is 0 Å². The van der Waals surface area contributed by atoms with E-state index in [4.69, 9.17) is 9.15 Å². The van der Waals surface area contributed by atoms with Crippen LogP contribution >= 0.6 is 31.9 Å². The van der Waals surface area contributed by atoms with Gasteiger partial charge in [-0.3, -0.25) is 9.59 Å². The Hall–Kier alpha value is -2.36. The lowest BCUT2D eigenvalue weighted by Crippen LogP contribution is -2.35. The van der Waals surface area contributed by atoms with Gasteiger partial charge in [0.25, 0.3) is 5.91 Å². The average molecular weight is 552 g/mol. The van der Waals surface area contributed by atoms with E-state index in [1.165, 1.54) is 7.11 Å². The highest BCUT2D eigenvalue weighted by Gasteiger charge is 2.43. The second-order valence-corrected chi connectivity index (χ2v) is 9.34. The molecule has 0 radical (unpaired) electrons. The minimum atomic E-state index is -0.673. The molecule has 2 aromatic carbocycles. The molecule has 9 heteroatoms. The highest BCUT2D eigenvalue weighted by molar-refractivity contribution is 9.10. The maximum Gasteiger partial charge on any atom is 0.290 e. The molecule has 1 aromatic heterocycles. The van der Waals surface area contributed by atoms with Gasteiger partial charge in [0.2, 0.25) is 5.76 Å². The van der Waals surface area contributed by atoms with Crippen molar-refractivity contribution >= 4 is 48.7 Å². The maximum atomic E-state index is 13.5. The molecule has 1 unspecified atom stereocenters. The number of ether oxygens (including phenoxy) is 1. The number of phenols is 1. The van der Waals surface area contributed by atoms with Gasteiger partial charge in [0.15, 0.2) is 16.9 Å². The molecule has 1 aliphatic rings. The molecule has 3 aromatic rings. The molecule has 0 bridgehead atoms. The lowest BCUT2D eigenvalue weighted by atomic mass is 9.98. The van der Waals surface area contributed by atoms with Crippen molar-refractivity contribution in [3.05, 3.63) is 66.4 Å². The van der Waals surface area contributed by atoms with Crippen molar-refractivity contribution in [2.75, 3.05) is 34.3 Å². The smallest absolute Gasteiger partial charge is 0.290 e. The summed E-state index contributed by atoms with van der Waals surface area (Å²) in [5.74, 6) is -0.102. The average Bonchev–Trinajstić information content (AvgIpc) is 3.01. The Bertz CT molecular complexity index is 1250. The first-order valence-electron chi connectivity index (χ1n) is 9.51. The van der Waals surface area contributed by atoms with Gasteiger partial charge in [0, 0.05) is 17.6 Å². The standard InChI is InChI=1S/C22H20Br2N2O5/c1-25(2)6-7-26-18(11-8-14(24)20(28)16(9-11)30-3)17-19(27)13-10-12(23)4-5-15(13)31-21(17)22(26)29/h4-5,8-10,18,28H,6-7H2,1-3H3. The highest BCUT2D eigenvalue weighted by atomic mass is 79.9. The largest absolute Gasteiger partial charge is 0.503 e. The lowest BCUT2D eigenvalue weighted by Gasteiger charge is -2.27. The number of phenolic OH excluding ortho intramolecular Hbond substituents is 1. The molecular formula is C22H20Br2N2O5. The summed E-state index contributed by atoms with van der Waals surface area (Å²) in [7, 11) is 5.28. The first-order valence-corrected chi connectivity index (χ1v) is 11.1. The van der Waals surface area contributed by atoms with E-state index in [9.17, 15) is 14.7 Å². The fourth-order valence-corrected chi connectivity index (χ4v) is 4.61. The molecule has 31 heavy (non-hydrogen) atoms. The van der Waals surface area contributed by atoms with E-state index in [2.05, 4.69) is 31.9 Å². The van der Waals surface area contributed by atoms with Crippen LogP contribution in [-0.4, -0.2) is 55.1 Å². The van der Waals surface area contributed by atoms with Crippen LogP contribution in [-0.2, 0) is 0 Å². The minimum Gasteiger partial charge on any atom is -0.503 e. The Morgan fingerprint density at radius 2 is 1.94 bits per heavy atom. The van der Waals surface area contributed by atoms with Crippen molar-refractivity contribution in [1.29, 1.82) is 0 Å². The molecule has 0 fully saturated rings. The number of aromatic hydroxyl groups is 1.